The summed E-state index contributed by atoms with van der Waals surface area (Å²) in [7, 11) is 0. The zero-order valence-electron chi connectivity index (χ0n) is 13.2. The maximum Gasteiger partial charge on any atom is 0.306 e. The zero-order valence-corrected chi connectivity index (χ0v) is 13.2. The summed E-state index contributed by atoms with van der Waals surface area (Å²) in [5.41, 5.74) is 0.810. The van der Waals surface area contributed by atoms with Gasteiger partial charge < -0.3 is 9.47 Å². The molecule has 118 valence electrons. The van der Waals surface area contributed by atoms with Crippen LogP contribution in [0, 0.1) is 11.8 Å². The van der Waals surface area contributed by atoms with Crippen molar-refractivity contribution in [2.24, 2.45) is 11.8 Å². The molecule has 3 heteroatoms. The van der Waals surface area contributed by atoms with E-state index in [9.17, 15) is 4.79 Å². The molecule has 2 saturated carbocycles. The molecule has 3 nitrogen and oxygen atoms in total. The number of benzene rings is 1. The highest BCUT2D eigenvalue weighted by molar-refractivity contribution is 5.73. The lowest BCUT2D eigenvalue weighted by atomic mass is 9.70. The second kappa shape index (κ2) is 5.09. The molecule has 1 aromatic carbocycles. The standard InChI is InChI=1S/C19H24O3/c1-18(21-12-14-6-3-2-4-7-14)11-16-9-5-8-15-10-17(20)22-19(15,16)13-18/h2-4,6-7,15-16H,5,8-13H2,1H3/t15-,16+,18+,19?/m0/s1. The summed E-state index contributed by atoms with van der Waals surface area (Å²) >= 11 is 0. The van der Waals surface area contributed by atoms with Gasteiger partial charge in [-0.15, -0.1) is 0 Å². The fraction of sp³-hybridized carbons (Fsp3) is 0.632. The van der Waals surface area contributed by atoms with E-state index in [4.69, 9.17) is 9.47 Å². The molecule has 1 heterocycles. The van der Waals surface area contributed by atoms with Crippen molar-refractivity contribution >= 4 is 5.97 Å². The molecule has 22 heavy (non-hydrogen) atoms. The van der Waals surface area contributed by atoms with Crippen LogP contribution in [0.4, 0.5) is 0 Å². The number of esters is 1. The van der Waals surface area contributed by atoms with Crippen molar-refractivity contribution in [3.05, 3.63) is 35.9 Å². The first-order valence-corrected chi connectivity index (χ1v) is 8.49. The van der Waals surface area contributed by atoms with Crippen LogP contribution in [0.15, 0.2) is 30.3 Å². The molecule has 1 spiro atoms. The van der Waals surface area contributed by atoms with E-state index in [0.29, 0.717) is 24.9 Å². The Bertz CT molecular complexity index is 569. The number of hydrogen-bond acceptors (Lipinski definition) is 3. The van der Waals surface area contributed by atoms with E-state index in [2.05, 4.69) is 19.1 Å². The van der Waals surface area contributed by atoms with Crippen LogP contribution in [0.25, 0.3) is 0 Å². The highest BCUT2D eigenvalue weighted by Gasteiger charge is 2.63. The van der Waals surface area contributed by atoms with Gasteiger partial charge in [0.05, 0.1) is 18.6 Å². The fourth-order valence-corrected chi connectivity index (χ4v) is 5.05. The Morgan fingerprint density at radius 2 is 2.00 bits per heavy atom. The van der Waals surface area contributed by atoms with E-state index in [1.54, 1.807) is 0 Å². The Labute approximate surface area is 132 Å². The molecule has 0 radical (unpaired) electrons. The molecule has 4 rings (SSSR count). The van der Waals surface area contributed by atoms with E-state index >= 15 is 0 Å². The van der Waals surface area contributed by atoms with Gasteiger partial charge in [0.15, 0.2) is 0 Å². The van der Waals surface area contributed by atoms with Crippen molar-refractivity contribution in [1.82, 2.24) is 0 Å². The summed E-state index contributed by atoms with van der Waals surface area (Å²) in [4.78, 5) is 11.9. The molecule has 0 bridgehead atoms. The molecule has 0 aromatic heterocycles. The SMILES string of the molecule is C[C@@]1(OCc2ccccc2)C[C@H]2CCC[C@H]3CC(=O)OC23C1. The minimum atomic E-state index is -0.221. The molecule has 3 aliphatic rings. The van der Waals surface area contributed by atoms with Crippen LogP contribution in [0.2, 0.25) is 0 Å². The van der Waals surface area contributed by atoms with Crippen LogP contribution in [-0.2, 0) is 20.9 Å². The van der Waals surface area contributed by atoms with Gasteiger partial charge in [-0.25, -0.2) is 0 Å². The van der Waals surface area contributed by atoms with Gasteiger partial charge in [-0.3, -0.25) is 4.79 Å². The first-order valence-electron chi connectivity index (χ1n) is 8.49. The molecule has 1 unspecified atom stereocenters. The Morgan fingerprint density at radius 3 is 2.82 bits per heavy atom. The minimum Gasteiger partial charge on any atom is -0.458 e. The van der Waals surface area contributed by atoms with E-state index in [0.717, 1.165) is 19.3 Å². The highest BCUT2D eigenvalue weighted by Crippen LogP contribution is 2.59. The van der Waals surface area contributed by atoms with Gasteiger partial charge in [0.25, 0.3) is 0 Å². The van der Waals surface area contributed by atoms with Crippen LogP contribution in [-0.4, -0.2) is 17.2 Å². The predicted octanol–water partition coefficient (Wildman–Crippen LogP) is 3.86. The van der Waals surface area contributed by atoms with Gasteiger partial charge in [-0.05, 0) is 31.7 Å². The molecule has 1 saturated heterocycles. The van der Waals surface area contributed by atoms with E-state index in [-0.39, 0.29) is 17.2 Å². The molecule has 3 fully saturated rings. The second-order valence-electron chi connectivity index (χ2n) is 7.56. The molecule has 1 aliphatic heterocycles. The molecule has 0 amide bonds. The lowest BCUT2D eigenvalue weighted by molar-refractivity contribution is -0.156. The fourth-order valence-electron chi connectivity index (χ4n) is 5.05. The average Bonchev–Trinajstić information content (AvgIpc) is 2.98. The Balaban J connectivity index is 1.51. The van der Waals surface area contributed by atoms with Crippen molar-refractivity contribution < 1.29 is 14.3 Å². The molecule has 2 aliphatic carbocycles. The van der Waals surface area contributed by atoms with Crippen molar-refractivity contribution in [3.8, 4) is 0 Å². The van der Waals surface area contributed by atoms with Gasteiger partial charge in [0.1, 0.15) is 5.60 Å². The summed E-state index contributed by atoms with van der Waals surface area (Å²) in [6, 6.07) is 10.3. The summed E-state index contributed by atoms with van der Waals surface area (Å²) < 4.78 is 12.2. The number of hydrogen-bond donors (Lipinski definition) is 0. The molecule has 1 aromatic rings. The highest BCUT2D eigenvalue weighted by atomic mass is 16.6. The number of carbonyl (C=O) groups is 1. The maximum atomic E-state index is 11.9. The van der Waals surface area contributed by atoms with E-state index in [1.807, 2.05) is 18.2 Å². The van der Waals surface area contributed by atoms with Crippen LogP contribution >= 0.6 is 0 Å². The third-order valence-corrected chi connectivity index (χ3v) is 5.96. The molecule has 4 atom stereocenters. The molecular weight excluding hydrogens is 276 g/mol. The van der Waals surface area contributed by atoms with Crippen LogP contribution < -0.4 is 0 Å². The molecule has 0 N–H and O–H groups in total. The number of rotatable bonds is 3. The van der Waals surface area contributed by atoms with Gasteiger partial charge in [-0.1, -0.05) is 36.8 Å². The summed E-state index contributed by atoms with van der Waals surface area (Å²) in [5, 5.41) is 0. The second-order valence-corrected chi connectivity index (χ2v) is 7.56. The average molecular weight is 300 g/mol. The van der Waals surface area contributed by atoms with Crippen LogP contribution in [0.5, 0.6) is 0 Å². The van der Waals surface area contributed by atoms with Gasteiger partial charge in [0.2, 0.25) is 0 Å². The largest absolute Gasteiger partial charge is 0.458 e. The first-order chi connectivity index (χ1) is 10.6. The lowest BCUT2D eigenvalue weighted by Gasteiger charge is -2.39. The smallest absolute Gasteiger partial charge is 0.306 e. The lowest BCUT2D eigenvalue weighted by Crippen LogP contribution is -2.43. The number of ether oxygens (including phenoxy) is 2. The van der Waals surface area contributed by atoms with E-state index < -0.39 is 0 Å². The topological polar surface area (TPSA) is 35.5 Å². The first kappa shape index (κ1) is 14.3. The summed E-state index contributed by atoms with van der Waals surface area (Å²) in [5.74, 6) is 0.906. The van der Waals surface area contributed by atoms with Crippen molar-refractivity contribution in [3.63, 3.8) is 0 Å². The Kier molecular flexibility index (Phi) is 3.30. The predicted molar refractivity (Wildman–Crippen MR) is 83.1 cm³/mol. The normalized spacial score (nSPS) is 40.1. The van der Waals surface area contributed by atoms with Crippen molar-refractivity contribution in [2.75, 3.05) is 0 Å². The number of carbonyl (C=O) groups excluding carboxylic acids is 1. The van der Waals surface area contributed by atoms with Crippen molar-refractivity contribution in [1.29, 1.82) is 0 Å². The van der Waals surface area contributed by atoms with Gasteiger partial charge in [-0.2, -0.15) is 0 Å². The van der Waals surface area contributed by atoms with Crippen molar-refractivity contribution in [2.45, 2.75) is 63.3 Å². The maximum absolute atomic E-state index is 11.9. The zero-order chi connectivity index (χ0) is 15.2. The summed E-state index contributed by atoms with van der Waals surface area (Å²) in [6.45, 7) is 2.84. The van der Waals surface area contributed by atoms with Crippen LogP contribution in [0.1, 0.15) is 51.0 Å². The Hall–Kier alpha value is -1.35. The van der Waals surface area contributed by atoms with Gasteiger partial charge in [0, 0.05) is 18.3 Å². The molecular formula is C19H24O3. The summed E-state index contributed by atoms with van der Waals surface area (Å²) in [6.07, 6.45) is 6.04. The Morgan fingerprint density at radius 1 is 1.23 bits per heavy atom. The van der Waals surface area contributed by atoms with Gasteiger partial charge >= 0.3 is 5.97 Å². The van der Waals surface area contributed by atoms with Crippen LogP contribution in [0.3, 0.4) is 0 Å². The monoisotopic (exact) mass is 300 g/mol. The third kappa shape index (κ3) is 2.26. The third-order valence-electron chi connectivity index (χ3n) is 5.96. The minimum absolute atomic E-state index is 0.00390. The van der Waals surface area contributed by atoms with E-state index in [1.165, 1.54) is 18.4 Å². The quantitative estimate of drug-likeness (QED) is 0.795.